The van der Waals surface area contributed by atoms with Crippen molar-refractivity contribution in [2.75, 3.05) is 38.2 Å². The topological polar surface area (TPSA) is 69.6 Å². The summed E-state index contributed by atoms with van der Waals surface area (Å²) in [5.74, 6) is 0.379. The normalized spacial score (nSPS) is 25.4. The molecule has 0 aromatic heterocycles. The van der Waals surface area contributed by atoms with Crippen LogP contribution in [0.1, 0.15) is 12.5 Å². The van der Waals surface area contributed by atoms with Crippen molar-refractivity contribution in [2.24, 2.45) is 0 Å². The van der Waals surface area contributed by atoms with E-state index in [4.69, 9.17) is 0 Å². The third-order valence-corrected chi connectivity index (χ3v) is 6.15. The van der Waals surface area contributed by atoms with Crippen molar-refractivity contribution >= 4 is 9.84 Å². The van der Waals surface area contributed by atoms with Crippen molar-refractivity contribution in [2.45, 2.75) is 18.5 Å². The number of nitrogens with zero attached hydrogens (tertiary/aromatic N) is 1. The average molecular weight is 312 g/mol. The summed E-state index contributed by atoms with van der Waals surface area (Å²) in [6.07, 6.45) is 0. The lowest BCUT2D eigenvalue weighted by atomic mass is 9.89. The van der Waals surface area contributed by atoms with Gasteiger partial charge in [-0.05, 0) is 19.5 Å². The van der Waals surface area contributed by atoms with Crippen molar-refractivity contribution in [3.63, 3.8) is 0 Å². The van der Waals surface area contributed by atoms with Crippen LogP contribution in [0, 0.1) is 0 Å². The predicted octanol–water partition coefficient (Wildman–Crippen LogP) is 0.213. The summed E-state index contributed by atoms with van der Waals surface area (Å²) in [4.78, 5) is 2.14. The van der Waals surface area contributed by atoms with Crippen molar-refractivity contribution in [3.05, 3.63) is 35.9 Å². The van der Waals surface area contributed by atoms with E-state index in [1.807, 2.05) is 44.3 Å². The highest BCUT2D eigenvalue weighted by molar-refractivity contribution is 7.91. The van der Waals surface area contributed by atoms with Crippen molar-refractivity contribution in [1.82, 2.24) is 10.2 Å². The summed E-state index contributed by atoms with van der Waals surface area (Å²) in [5, 5.41) is 13.2. The number of hydrogen-bond donors (Lipinski definition) is 2. The molecule has 1 aliphatic heterocycles. The molecule has 2 rings (SSSR count). The van der Waals surface area contributed by atoms with Gasteiger partial charge in [0, 0.05) is 19.1 Å². The lowest BCUT2D eigenvalue weighted by molar-refractivity contribution is 0.0978. The smallest absolute Gasteiger partial charge is 0.153 e. The van der Waals surface area contributed by atoms with E-state index in [0.717, 1.165) is 5.56 Å². The summed E-state index contributed by atoms with van der Waals surface area (Å²) >= 11 is 0. The molecular formula is C15H24N2O3S. The van der Waals surface area contributed by atoms with Crippen LogP contribution in [0.25, 0.3) is 0 Å². The maximum atomic E-state index is 11.7. The number of nitrogens with one attached hydrogen (secondary N) is 1. The average Bonchev–Trinajstić information content (AvgIpc) is 2.47. The summed E-state index contributed by atoms with van der Waals surface area (Å²) in [6, 6.07) is 9.77. The van der Waals surface area contributed by atoms with Crippen LogP contribution >= 0.6 is 0 Å². The Morgan fingerprint density at radius 3 is 2.57 bits per heavy atom. The molecule has 2 N–H and O–H groups in total. The first-order valence-corrected chi connectivity index (χ1v) is 9.04. The first kappa shape index (κ1) is 16.4. The molecule has 0 aliphatic carbocycles. The molecule has 0 saturated carbocycles. The zero-order valence-corrected chi connectivity index (χ0v) is 13.4. The van der Waals surface area contributed by atoms with Crippen molar-refractivity contribution < 1.29 is 13.5 Å². The molecule has 1 aliphatic rings. The van der Waals surface area contributed by atoms with Crippen LogP contribution in [-0.4, -0.2) is 62.7 Å². The second kappa shape index (κ2) is 6.44. The second-order valence-electron chi connectivity index (χ2n) is 5.79. The van der Waals surface area contributed by atoms with Gasteiger partial charge in [0.25, 0.3) is 0 Å². The summed E-state index contributed by atoms with van der Waals surface area (Å²) in [5.41, 5.74) is 0.437. The molecule has 0 spiro atoms. The largest absolute Gasteiger partial charge is 0.394 e. The minimum atomic E-state index is -2.92. The first-order chi connectivity index (χ1) is 9.92. The van der Waals surface area contributed by atoms with Crippen LogP contribution in [0.3, 0.4) is 0 Å². The standard InChI is InChI=1S/C15H24N2O3S/c1-13-10-21(19,20)9-8-17(13)11-15(12-18,16-2)14-6-4-3-5-7-14/h3-7,13,16,18H,8-12H2,1-2H3. The van der Waals surface area contributed by atoms with Gasteiger partial charge < -0.3 is 10.4 Å². The second-order valence-corrected chi connectivity index (χ2v) is 8.02. The summed E-state index contributed by atoms with van der Waals surface area (Å²) < 4.78 is 23.4. The Hall–Kier alpha value is -0.950. The van der Waals surface area contributed by atoms with Gasteiger partial charge in [0.15, 0.2) is 9.84 Å². The molecule has 1 heterocycles. The number of sulfone groups is 1. The number of hydrogen-bond acceptors (Lipinski definition) is 5. The Kier molecular flexibility index (Phi) is 5.03. The fourth-order valence-electron chi connectivity index (χ4n) is 2.91. The fourth-order valence-corrected chi connectivity index (χ4v) is 4.53. The first-order valence-electron chi connectivity index (χ1n) is 7.22. The molecule has 0 radical (unpaired) electrons. The maximum absolute atomic E-state index is 11.7. The van der Waals surface area contributed by atoms with Crippen LogP contribution < -0.4 is 5.32 Å². The van der Waals surface area contributed by atoms with Gasteiger partial charge in [-0.2, -0.15) is 0 Å². The Labute approximate surface area is 126 Å². The van der Waals surface area contributed by atoms with Gasteiger partial charge >= 0.3 is 0 Å². The SMILES string of the molecule is CNC(CO)(CN1CCS(=O)(=O)CC1C)c1ccccc1. The minimum Gasteiger partial charge on any atom is -0.394 e. The lowest BCUT2D eigenvalue weighted by Crippen LogP contribution is -2.57. The van der Waals surface area contributed by atoms with Gasteiger partial charge in [0.2, 0.25) is 0 Å². The number of benzene rings is 1. The van der Waals surface area contributed by atoms with Crippen LogP contribution in [0.5, 0.6) is 0 Å². The molecule has 1 aromatic carbocycles. The van der Waals surface area contributed by atoms with E-state index in [9.17, 15) is 13.5 Å². The van der Waals surface area contributed by atoms with E-state index >= 15 is 0 Å². The van der Waals surface area contributed by atoms with E-state index in [-0.39, 0.29) is 24.2 Å². The number of likely N-dealkylation sites (N-methyl/N-ethyl adjacent to an activating group) is 1. The maximum Gasteiger partial charge on any atom is 0.153 e. The molecule has 6 heteroatoms. The van der Waals surface area contributed by atoms with E-state index < -0.39 is 15.4 Å². The van der Waals surface area contributed by atoms with Gasteiger partial charge in [0.05, 0.1) is 23.7 Å². The van der Waals surface area contributed by atoms with Crippen LogP contribution in [0.2, 0.25) is 0 Å². The highest BCUT2D eigenvalue weighted by Gasteiger charge is 2.36. The highest BCUT2D eigenvalue weighted by Crippen LogP contribution is 2.24. The molecular weight excluding hydrogens is 288 g/mol. The molecule has 1 saturated heterocycles. The van der Waals surface area contributed by atoms with E-state index in [0.29, 0.717) is 13.1 Å². The zero-order chi connectivity index (χ0) is 15.5. The van der Waals surface area contributed by atoms with Gasteiger partial charge in [-0.25, -0.2) is 8.42 Å². The Balaban J connectivity index is 2.21. The van der Waals surface area contributed by atoms with Crippen molar-refractivity contribution in [3.8, 4) is 0 Å². The minimum absolute atomic E-state index is 0.0354. The lowest BCUT2D eigenvalue weighted by Gasteiger charge is -2.41. The van der Waals surface area contributed by atoms with E-state index in [1.165, 1.54) is 0 Å². The molecule has 2 atom stereocenters. The van der Waals surface area contributed by atoms with E-state index in [2.05, 4.69) is 10.2 Å². The Morgan fingerprint density at radius 2 is 2.05 bits per heavy atom. The predicted molar refractivity (Wildman–Crippen MR) is 84.0 cm³/mol. The summed E-state index contributed by atoms with van der Waals surface area (Å²) in [6.45, 7) is 2.99. The monoisotopic (exact) mass is 312 g/mol. The molecule has 1 aromatic rings. The summed E-state index contributed by atoms with van der Waals surface area (Å²) in [7, 11) is -1.10. The number of rotatable bonds is 5. The van der Waals surface area contributed by atoms with Gasteiger partial charge in [-0.1, -0.05) is 30.3 Å². The quantitative estimate of drug-likeness (QED) is 0.813. The van der Waals surface area contributed by atoms with Gasteiger partial charge in [0.1, 0.15) is 0 Å². The van der Waals surface area contributed by atoms with Crippen LogP contribution in [0.4, 0.5) is 0 Å². The number of aliphatic hydroxyl groups excluding tert-OH is 1. The van der Waals surface area contributed by atoms with Crippen LogP contribution in [0.15, 0.2) is 30.3 Å². The molecule has 0 bridgehead atoms. The molecule has 0 amide bonds. The zero-order valence-electron chi connectivity index (χ0n) is 12.6. The Morgan fingerprint density at radius 1 is 1.38 bits per heavy atom. The molecule has 21 heavy (non-hydrogen) atoms. The Bertz CT molecular complexity index is 556. The third kappa shape index (κ3) is 3.63. The fraction of sp³-hybridized carbons (Fsp3) is 0.600. The molecule has 5 nitrogen and oxygen atoms in total. The van der Waals surface area contributed by atoms with Crippen LogP contribution in [-0.2, 0) is 15.4 Å². The number of aliphatic hydroxyl groups is 1. The van der Waals surface area contributed by atoms with Gasteiger partial charge in [-0.3, -0.25) is 4.90 Å². The van der Waals surface area contributed by atoms with Crippen molar-refractivity contribution in [1.29, 1.82) is 0 Å². The van der Waals surface area contributed by atoms with Gasteiger partial charge in [-0.15, -0.1) is 0 Å². The highest BCUT2D eigenvalue weighted by atomic mass is 32.2. The molecule has 118 valence electrons. The van der Waals surface area contributed by atoms with E-state index in [1.54, 1.807) is 0 Å². The third-order valence-electron chi connectivity index (χ3n) is 4.36. The molecule has 1 fully saturated rings. The molecule has 2 unspecified atom stereocenters.